The molecule has 2 N–H and O–H groups in total. The second-order valence-electron chi connectivity index (χ2n) is 6.26. The first-order chi connectivity index (χ1) is 13.0. The van der Waals surface area contributed by atoms with Gasteiger partial charge in [-0.05, 0) is 73.2 Å². The minimum absolute atomic E-state index is 0.138. The third-order valence-electron chi connectivity index (χ3n) is 4.38. The minimum atomic E-state index is -3.83. The number of carbonyl (C=O) groups is 1. The largest absolute Gasteiger partial charge is 0.497 e. The molecule has 0 aliphatic heterocycles. The summed E-state index contributed by atoms with van der Waals surface area (Å²) in [5.74, 6) is 0.542. The van der Waals surface area contributed by atoms with E-state index < -0.39 is 15.9 Å². The molecule has 7 nitrogen and oxygen atoms in total. The van der Waals surface area contributed by atoms with E-state index in [4.69, 9.17) is 9.47 Å². The number of nitrogens with one attached hydrogen (secondary N) is 2. The van der Waals surface area contributed by atoms with E-state index in [1.54, 1.807) is 43.5 Å². The van der Waals surface area contributed by atoms with Crippen LogP contribution in [-0.4, -0.2) is 28.0 Å². The zero-order valence-electron chi connectivity index (χ0n) is 15.0. The quantitative estimate of drug-likeness (QED) is 0.705. The number of hydrazine groups is 1. The zero-order valence-corrected chi connectivity index (χ0v) is 15.8. The Balaban J connectivity index is 1.54. The number of hydrogen-bond donors (Lipinski definition) is 2. The van der Waals surface area contributed by atoms with Crippen molar-refractivity contribution in [2.75, 3.05) is 13.7 Å². The molecule has 144 valence electrons. The predicted molar refractivity (Wildman–Crippen MR) is 100 cm³/mol. The standard InChI is InChI=1S/C19H22N2O5S/c1-25-16-7-9-17(10-8-16)26-13-19(22)20-21-27(23,24)18-11-6-14-4-2-3-5-15(14)12-18/h6-12,21H,2-5,13H2,1H3,(H,20,22). The molecule has 8 heteroatoms. The molecule has 1 amide bonds. The maximum absolute atomic E-state index is 12.4. The van der Waals surface area contributed by atoms with Crippen LogP contribution in [0.1, 0.15) is 24.0 Å². The van der Waals surface area contributed by atoms with Gasteiger partial charge in [-0.2, -0.15) is 0 Å². The maximum Gasteiger partial charge on any atom is 0.272 e. The molecule has 1 aliphatic carbocycles. The summed E-state index contributed by atoms with van der Waals surface area (Å²) in [6, 6.07) is 11.8. The van der Waals surface area contributed by atoms with Crippen LogP contribution in [0.3, 0.4) is 0 Å². The molecule has 0 fully saturated rings. The molecule has 0 spiro atoms. The van der Waals surface area contributed by atoms with Crippen LogP contribution in [-0.2, 0) is 27.7 Å². The fourth-order valence-electron chi connectivity index (χ4n) is 2.92. The Hall–Kier alpha value is -2.58. The second-order valence-corrected chi connectivity index (χ2v) is 7.94. The number of hydrogen-bond acceptors (Lipinski definition) is 5. The summed E-state index contributed by atoms with van der Waals surface area (Å²) in [6.07, 6.45) is 4.04. The molecule has 0 bridgehead atoms. The van der Waals surface area contributed by atoms with Crippen molar-refractivity contribution in [3.8, 4) is 11.5 Å². The van der Waals surface area contributed by atoms with Gasteiger partial charge in [0, 0.05) is 0 Å². The minimum Gasteiger partial charge on any atom is -0.497 e. The van der Waals surface area contributed by atoms with Crippen LogP contribution >= 0.6 is 0 Å². The van der Waals surface area contributed by atoms with Crippen molar-refractivity contribution in [1.82, 2.24) is 10.3 Å². The molecule has 0 saturated carbocycles. The van der Waals surface area contributed by atoms with Crippen molar-refractivity contribution in [2.24, 2.45) is 0 Å². The van der Waals surface area contributed by atoms with E-state index in [2.05, 4.69) is 10.3 Å². The molecule has 3 rings (SSSR count). The number of carbonyl (C=O) groups excluding carboxylic acids is 1. The van der Waals surface area contributed by atoms with Crippen LogP contribution in [0.5, 0.6) is 11.5 Å². The lowest BCUT2D eigenvalue weighted by molar-refractivity contribution is -0.123. The van der Waals surface area contributed by atoms with Gasteiger partial charge in [0.25, 0.3) is 15.9 Å². The van der Waals surface area contributed by atoms with E-state index in [0.29, 0.717) is 11.5 Å². The van der Waals surface area contributed by atoms with Crippen LogP contribution < -0.4 is 19.7 Å². The van der Waals surface area contributed by atoms with E-state index >= 15 is 0 Å². The van der Waals surface area contributed by atoms with Gasteiger partial charge in [0.1, 0.15) is 11.5 Å². The van der Waals surface area contributed by atoms with E-state index in [0.717, 1.165) is 31.2 Å². The molecule has 2 aromatic carbocycles. The van der Waals surface area contributed by atoms with Gasteiger partial charge in [-0.1, -0.05) is 6.07 Å². The molecule has 27 heavy (non-hydrogen) atoms. The average molecular weight is 390 g/mol. The Labute approximate surface area is 158 Å². The van der Waals surface area contributed by atoms with Crippen molar-refractivity contribution in [1.29, 1.82) is 0 Å². The lowest BCUT2D eigenvalue weighted by Crippen LogP contribution is -2.43. The first kappa shape index (κ1) is 19.2. The SMILES string of the molecule is COc1ccc(OCC(=O)NNS(=O)(=O)c2ccc3c(c2)CCCC3)cc1. The van der Waals surface area contributed by atoms with Crippen LogP contribution in [0, 0.1) is 0 Å². The lowest BCUT2D eigenvalue weighted by Gasteiger charge is -2.17. The topological polar surface area (TPSA) is 93.7 Å². The van der Waals surface area contributed by atoms with Crippen LogP contribution in [0.4, 0.5) is 0 Å². The maximum atomic E-state index is 12.4. The normalized spacial score (nSPS) is 13.5. The molecular formula is C19H22N2O5S. The van der Waals surface area contributed by atoms with E-state index in [9.17, 15) is 13.2 Å². The Morgan fingerprint density at radius 3 is 2.37 bits per heavy atom. The Morgan fingerprint density at radius 1 is 1.00 bits per heavy atom. The summed E-state index contributed by atoms with van der Waals surface area (Å²) in [6.45, 7) is -0.320. The van der Waals surface area contributed by atoms with Gasteiger partial charge in [-0.15, -0.1) is 4.83 Å². The first-order valence-electron chi connectivity index (χ1n) is 8.67. The summed E-state index contributed by atoms with van der Waals surface area (Å²) in [5, 5.41) is 0. The zero-order chi connectivity index (χ0) is 19.3. The highest BCUT2D eigenvalue weighted by atomic mass is 32.2. The number of aryl methyl sites for hydroxylation is 2. The highest BCUT2D eigenvalue weighted by Crippen LogP contribution is 2.23. The Kier molecular flexibility index (Phi) is 5.98. The number of fused-ring (bicyclic) bond motifs is 1. The Morgan fingerprint density at radius 2 is 1.67 bits per heavy atom. The molecule has 0 aromatic heterocycles. The van der Waals surface area contributed by atoms with E-state index in [1.807, 2.05) is 6.07 Å². The summed E-state index contributed by atoms with van der Waals surface area (Å²) in [7, 11) is -2.28. The number of ether oxygens (including phenoxy) is 2. The lowest BCUT2D eigenvalue weighted by atomic mass is 9.92. The summed E-state index contributed by atoms with van der Waals surface area (Å²) in [5.41, 5.74) is 4.41. The third-order valence-corrected chi connectivity index (χ3v) is 5.63. The van der Waals surface area contributed by atoms with Crippen LogP contribution in [0.15, 0.2) is 47.4 Å². The van der Waals surface area contributed by atoms with Gasteiger partial charge in [0.2, 0.25) is 0 Å². The molecule has 0 radical (unpaired) electrons. The fraction of sp³-hybridized carbons (Fsp3) is 0.316. The highest BCUT2D eigenvalue weighted by molar-refractivity contribution is 7.89. The number of methoxy groups -OCH3 is 1. The first-order valence-corrected chi connectivity index (χ1v) is 10.2. The van der Waals surface area contributed by atoms with Crippen molar-refractivity contribution >= 4 is 15.9 Å². The molecule has 0 heterocycles. The van der Waals surface area contributed by atoms with Gasteiger partial charge < -0.3 is 9.47 Å². The van der Waals surface area contributed by atoms with Gasteiger partial charge in [-0.25, -0.2) is 8.42 Å². The smallest absolute Gasteiger partial charge is 0.272 e. The molecule has 1 aliphatic rings. The number of amides is 1. The molecule has 0 unspecified atom stereocenters. The average Bonchev–Trinajstić information content (AvgIpc) is 2.70. The second kappa shape index (κ2) is 8.41. The number of rotatable bonds is 7. The molecule has 2 aromatic rings. The summed E-state index contributed by atoms with van der Waals surface area (Å²) < 4.78 is 35.1. The Bertz CT molecular complexity index is 910. The van der Waals surface area contributed by atoms with Crippen molar-refractivity contribution in [3.05, 3.63) is 53.6 Å². The third kappa shape index (κ3) is 4.99. The van der Waals surface area contributed by atoms with Crippen molar-refractivity contribution in [2.45, 2.75) is 30.6 Å². The van der Waals surface area contributed by atoms with Gasteiger partial charge >= 0.3 is 0 Å². The summed E-state index contributed by atoms with van der Waals surface area (Å²) in [4.78, 5) is 14.1. The van der Waals surface area contributed by atoms with Crippen LogP contribution in [0.25, 0.3) is 0 Å². The van der Waals surface area contributed by atoms with Gasteiger partial charge in [0.05, 0.1) is 12.0 Å². The monoisotopic (exact) mass is 390 g/mol. The summed E-state index contributed by atoms with van der Waals surface area (Å²) >= 11 is 0. The predicted octanol–water partition coefficient (Wildman–Crippen LogP) is 1.96. The number of benzene rings is 2. The molecule has 0 atom stereocenters. The van der Waals surface area contributed by atoms with Crippen molar-refractivity contribution < 1.29 is 22.7 Å². The van der Waals surface area contributed by atoms with Crippen LogP contribution in [0.2, 0.25) is 0 Å². The van der Waals surface area contributed by atoms with Crippen molar-refractivity contribution in [3.63, 3.8) is 0 Å². The molecule has 0 saturated heterocycles. The molecular weight excluding hydrogens is 368 g/mol. The van der Waals surface area contributed by atoms with E-state index in [-0.39, 0.29) is 11.5 Å². The number of sulfonamides is 1. The fourth-order valence-corrected chi connectivity index (χ4v) is 3.83. The highest BCUT2D eigenvalue weighted by Gasteiger charge is 2.18. The van der Waals surface area contributed by atoms with Gasteiger partial charge in [-0.3, -0.25) is 10.2 Å². The van der Waals surface area contributed by atoms with E-state index in [1.165, 1.54) is 5.56 Å². The van der Waals surface area contributed by atoms with Gasteiger partial charge in [0.15, 0.2) is 6.61 Å².